The molecular weight excluding hydrogens is 522 g/mol. The van der Waals surface area contributed by atoms with Gasteiger partial charge in [0.25, 0.3) is 10.0 Å². The number of nitrogens with one attached hydrogen (secondary N) is 3. The molecule has 35 heavy (non-hydrogen) atoms. The molecule has 3 rings (SSSR count). The molecule has 2 aromatic heterocycles. The second-order valence-corrected chi connectivity index (χ2v) is 10.0. The van der Waals surface area contributed by atoms with E-state index in [1.807, 2.05) is 10.3 Å². The Morgan fingerprint density at radius 3 is 2.40 bits per heavy atom. The number of sulfonamides is 1. The highest BCUT2D eigenvalue weighted by molar-refractivity contribution is 8.01. The van der Waals surface area contributed by atoms with Gasteiger partial charge in [0.05, 0.1) is 38.0 Å². The van der Waals surface area contributed by atoms with E-state index in [1.165, 1.54) is 39.5 Å². The van der Waals surface area contributed by atoms with Crippen LogP contribution in [-0.2, 0) is 19.6 Å². The fraction of sp³-hybridized carbons (Fsp3) is 0.222. The third-order valence-corrected chi connectivity index (χ3v) is 7.35. The fourth-order valence-corrected chi connectivity index (χ4v) is 5.24. The van der Waals surface area contributed by atoms with Gasteiger partial charge in [-0.1, -0.05) is 41.3 Å². The first kappa shape index (κ1) is 26.1. The molecule has 1 aromatic carbocycles. The number of carbonyl (C=O) groups is 2. The van der Waals surface area contributed by atoms with Crippen LogP contribution in [0.2, 0.25) is 0 Å². The van der Waals surface area contributed by atoms with Gasteiger partial charge in [-0.2, -0.15) is 9.97 Å². The number of anilines is 1. The molecule has 186 valence electrons. The molecule has 2 heterocycles. The molecule has 0 saturated heterocycles. The Kier molecular flexibility index (Phi) is 8.74. The molecule has 2 amide bonds. The van der Waals surface area contributed by atoms with Crippen molar-refractivity contribution in [2.75, 3.05) is 32.4 Å². The molecule has 14 nitrogen and oxygen atoms in total. The number of esters is 1. The fourth-order valence-electron chi connectivity index (χ4n) is 2.40. The number of hydrogen-bond acceptors (Lipinski definition) is 13. The molecule has 0 aliphatic rings. The van der Waals surface area contributed by atoms with Gasteiger partial charge in [-0.05, 0) is 6.07 Å². The van der Waals surface area contributed by atoms with Gasteiger partial charge in [0.15, 0.2) is 4.34 Å². The van der Waals surface area contributed by atoms with E-state index >= 15 is 0 Å². The SMILES string of the molecule is COC(=O)CSc1nnc(-c2ccccc2S(=O)(=O)NNC(=O)Nc2nc(OC)cc(OC)n2)s1. The smallest absolute Gasteiger partial charge is 0.336 e. The quantitative estimate of drug-likeness (QED) is 0.190. The van der Waals surface area contributed by atoms with Crippen molar-refractivity contribution in [2.24, 2.45) is 0 Å². The number of aromatic nitrogens is 4. The van der Waals surface area contributed by atoms with Gasteiger partial charge in [0.2, 0.25) is 17.7 Å². The normalized spacial score (nSPS) is 10.9. The van der Waals surface area contributed by atoms with E-state index < -0.39 is 22.0 Å². The molecule has 0 atom stereocenters. The van der Waals surface area contributed by atoms with Crippen molar-refractivity contribution >= 4 is 51.1 Å². The summed E-state index contributed by atoms with van der Waals surface area (Å²) >= 11 is 2.22. The van der Waals surface area contributed by atoms with Gasteiger partial charge in [0, 0.05) is 5.56 Å². The molecule has 0 aliphatic heterocycles. The molecule has 0 spiro atoms. The van der Waals surface area contributed by atoms with Crippen LogP contribution in [0.4, 0.5) is 10.7 Å². The van der Waals surface area contributed by atoms with Crippen LogP contribution >= 0.6 is 23.1 Å². The average molecular weight is 542 g/mol. The summed E-state index contributed by atoms with van der Waals surface area (Å²) in [6.07, 6.45) is 0. The van der Waals surface area contributed by atoms with Crippen LogP contribution in [0.15, 0.2) is 39.6 Å². The number of hydrazine groups is 1. The lowest BCUT2D eigenvalue weighted by Crippen LogP contribution is -2.44. The lowest BCUT2D eigenvalue weighted by Gasteiger charge is -2.12. The maximum Gasteiger partial charge on any atom is 0.336 e. The molecule has 3 aromatic rings. The zero-order valence-corrected chi connectivity index (χ0v) is 20.9. The van der Waals surface area contributed by atoms with Gasteiger partial charge in [-0.25, -0.2) is 13.2 Å². The van der Waals surface area contributed by atoms with Crippen LogP contribution in [0.5, 0.6) is 11.8 Å². The summed E-state index contributed by atoms with van der Waals surface area (Å²) in [6.45, 7) is 0. The number of methoxy groups -OCH3 is 3. The molecule has 0 aliphatic carbocycles. The van der Waals surface area contributed by atoms with Crippen molar-refractivity contribution in [3.63, 3.8) is 0 Å². The number of ether oxygens (including phenoxy) is 3. The summed E-state index contributed by atoms with van der Waals surface area (Å²) in [5, 5.41) is 10.6. The number of urea groups is 1. The van der Waals surface area contributed by atoms with Crippen LogP contribution in [0, 0.1) is 0 Å². The summed E-state index contributed by atoms with van der Waals surface area (Å²) in [5.74, 6) is -0.315. The van der Waals surface area contributed by atoms with Crippen molar-refractivity contribution in [1.29, 1.82) is 0 Å². The lowest BCUT2D eigenvalue weighted by atomic mass is 10.2. The Labute approximate surface area is 207 Å². The summed E-state index contributed by atoms with van der Waals surface area (Å²) < 4.78 is 40.8. The van der Waals surface area contributed by atoms with Gasteiger partial charge in [-0.3, -0.25) is 15.5 Å². The van der Waals surface area contributed by atoms with Crippen LogP contribution in [0.1, 0.15) is 0 Å². The van der Waals surface area contributed by atoms with Gasteiger partial charge < -0.3 is 14.2 Å². The predicted molar refractivity (Wildman–Crippen MR) is 126 cm³/mol. The molecule has 0 fully saturated rings. The van der Waals surface area contributed by atoms with E-state index in [9.17, 15) is 18.0 Å². The highest BCUT2D eigenvalue weighted by Crippen LogP contribution is 2.33. The minimum Gasteiger partial charge on any atom is -0.481 e. The number of hydrogen-bond donors (Lipinski definition) is 3. The summed E-state index contributed by atoms with van der Waals surface area (Å²) in [7, 11) is -0.209. The molecular formula is C18H19N7O7S3. The molecule has 0 saturated carbocycles. The van der Waals surface area contributed by atoms with Gasteiger partial charge in [-0.15, -0.1) is 15.0 Å². The second kappa shape index (κ2) is 11.7. The Bertz CT molecular complexity index is 1300. The number of rotatable bonds is 10. The van der Waals surface area contributed by atoms with E-state index in [0.717, 1.165) is 23.1 Å². The highest BCUT2D eigenvalue weighted by Gasteiger charge is 2.22. The molecule has 0 radical (unpaired) electrons. The average Bonchev–Trinajstić information content (AvgIpc) is 3.34. The largest absolute Gasteiger partial charge is 0.481 e. The third-order valence-electron chi connectivity index (χ3n) is 3.98. The van der Waals surface area contributed by atoms with Crippen LogP contribution in [0.3, 0.4) is 0 Å². The lowest BCUT2D eigenvalue weighted by molar-refractivity contribution is -0.137. The van der Waals surface area contributed by atoms with E-state index in [0.29, 0.717) is 9.35 Å². The van der Waals surface area contributed by atoms with E-state index in [2.05, 4.69) is 30.2 Å². The third kappa shape index (κ3) is 6.98. The van der Waals surface area contributed by atoms with E-state index in [4.69, 9.17) is 9.47 Å². The van der Waals surface area contributed by atoms with Crippen LogP contribution in [-0.4, -0.2) is 67.7 Å². The molecule has 0 unspecified atom stereocenters. The number of benzene rings is 1. The summed E-state index contributed by atoms with van der Waals surface area (Å²) in [4.78, 5) is 33.2. The van der Waals surface area contributed by atoms with E-state index in [1.54, 1.807) is 12.1 Å². The number of nitrogens with zero attached hydrogens (tertiary/aromatic N) is 4. The molecule has 17 heteroatoms. The van der Waals surface area contributed by atoms with Crippen molar-refractivity contribution in [1.82, 2.24) is 30.4 Å². The zero-order chi connectivity index (χ0) is 25.4. The van der Waals surface area contributed by atoms with Crippen LogP contribution in [0.25, 0.3) is 10.6 Å². The first-order chi connectivity index (χ1) is 16.7. The topological polar surface area (TPSA) is 184 Å². The number of thioether (sulfide) groups is 1. The van der Waals surface area contributed by atoms with Crippen molar-refractivity contribution in [3.05, 3.63) is 30.3 Å². The van der Waals surface area contributed by atoms with Crippen LogP contribution < -0.4 is 25.0 Å². The Hall–Kier alpha value is -3.54. The summed E-state index contributed by atoms with van der Waals surface area (Å²) in [5.41, 5.74) is 2.29. The monoisotopic (exact) mass is 541 g/mol. The van der Waals surface area contributed by atoms with Crippen molar-refractivity contribution in [2.45, 2.75) is 9.24 Å². The van der Waals surface area contributed by atoms with Crippen molar-refractivity contribution < 1.29 is 32.2 Å². The Morgan fingerprint density at radius 2 is 1.74 bits per heavy atom. The zero-order valence-electron chi connectivity index (χ0n) is 18.5. The van der Waals surface area contributed by atoms with E-state index in [-0.39, 0.29) is 33.9 Å². The Morgan fingerprint density at radius 1 is 1.06 bits per heavy atom. The number of amides is 2. The van der Waals surface area contributed by atoms with Crippen molar-refractivity contribution in [3.8, 4) is 22.3 Å². The predicted octanol–water partition coefficient (Wildman–Crippen LogP) is 1.29. The summed E-state index contributed by atoms with van der Waals surface area (Å²) in [6, 6.07) is 6.47. The molecule has 3 N–H and O–H groups in total. The van der Waals surface area contributed by atoms with Gasteiger partial charge in [0.1, 0.15) is 5.01 Å². The first-order valence-electron chi connectivity index (χ1n) is 9.44. The second-order valence-electron chi connectivity index (χ2n) is 6.19. The Balaban J connectivity index is 1.71. The standard InChI is InChI=1S/C18H19N7O7S3/c1-30-12-8-13(31-2)20-16(19-12)21-17(27)23-25-35(28,29)11-7-5-4-6-10(11)15-22-24-18(34-15)33-9-14(26)32-3/h4-8,25H,9H2,1-3H3,(H2,19,20,21,23,27). The first-order valence-corrected chi connectivity index (χ1v) is 12.7. The highest BCUT2D eigenvalue weighted by atomic mass is 32.2. The maximum absolute atomic E-state index is 12.9. The minimum atomic E-state index is -4.23. The molecule has 0 bridgehead atoms. The maximum atomic E-state index is 12.9. The van der Waals surface area contributed by atoms with Gasteiger partial charge >= 0.3 is 12.0 Å². The number of carbonyl (C=O) groups excluding carboxylic acids is 2. The minimum absolute atomic E-state index is 0.0363.